The third-order valence-electron chi connectivity index (χ3n) is 1.69. The normalized spacial score (nSPS) is 11.0. The summed E-state index contributed by atoms with van der Waals surface area (Å²) in [6.07, 6.45) is -2.56. The first-order valence-corrected chi connectivity index (χ1v) is 5.93. The van der Waals surface area contributed by atoms with E-state index >= 15 is 0 Å². The van der Waals surface area contributed by atoms with Gasteiger partial charge >= 0.3 is 0 Å². The van der Waals surface area contributed by atoms with E-state index in [1.165, 1.54) is 6.07 Å². The van der Waals surface area contributed by atoms with Gasteiger partial charge in [0.1, 0.15) is 3.70 Å². The molecule has 0 aliphatic rings. The van der Waals surface area contributed by atoms with Crippen molar-refractivity contribution in [3.8, 4) is 0 Å². The van der Waals surface area contributed by atoms with Gasteiger partial charge in [0.15, 0.2) is 0 Å². The molecule has 0 bridgehead atoms. The molecule has 0 aromatic carbocycles. The van der Waals surface area contributed by atoms with Crippen LogP contribution in [-0.4, -0.2) is 10.1 Å². The molecule has 78 valence electrons. The van der Waals surface area contributed by atoms with Gasteiger partial charge in [-0.15, -0.1) is 0 Å². The van der Waals surface area contributed by atoms with Gasteiger partial charge < -0.3 is 5.11 Å². The number of pyridine rings is 1. The molecule has 0 saturated carbocycles. The molecule has 1 heterocycles. The molecule has 1 aromatic heterocycles. The zero-order valence-corrected chi connectivity index (χ0v) is 10.7. The van der Waals surface area contributed by atoms with E-state index < -0.39 is 6.43 Å². The fourth-order valence-corrected chi connectivity index (χ4v) is 2.06. The van der Waals surface area contributed by atoms with E-state index in [2.05, 4.69) is 20.9 Å². The smallest absolute Gasteiger partial charge is 0.265 e. The summed E-state index contributed by atoms with van der Waals surface area (Å²) in [6.45, 7) is -0.270. The molecule has 2 nitrogen and oxygen atoms in total. The van der Waals surface area contributed by atoms with E-state index in [9.17, 15) is 8.78 Å². The molecule has 1 N–H and O–H groups in total. The van der Waals surface area contributed by atoms with Crippen LogP contribution in [0.1, 0.15) is 23.2 Å². The summed E-state index contributed by atoms with van der Waals surface area (Å²) in [5, 5.41) is 9.17. The Labute approximate surface area is 102 Å². The lowest BCUT2D eigenvalue weighted by Crippen LogP contribution is -2.02. The number of rotatable bonds is 3. The summed E-state index contributed by atoms with van der Waals surface area (Å²) in [6, 6.07) is 1.30. The highest BCUT2D eigenvalue weighted by molar-refractivity contribution is 14.1. The number of nitrogens with zero attached hydrogens (tertiary/aromatic N) is 1. The Morgan fingerprint density at radius 1 is 1.57 bits per heavy atom. The van der Waals surface area contributed by atoms with E-state index in [1.54, 1.807) is 0 Å². The van der Waals surface area contributed by atoms with Crippen molar-refractivity contribution in [2.24, 2.45) is 0 Å². The molecule has 6 heteroatoms. The first-order valence-electron chi connectivity index (χ1n) is 3.73. The lowest BCUT2D eigenvalue weighted by molar-refractivity contribution is 0.149. The zero-order chi connectivity index (χ0) is 10.7. The number of aliphatic hydroxyl groups excluding tert-OH is 1. The number of alkyl halides is 3. The van der Waals surface area contributed by atoms with Crippen LogP contribution in [0.25, 0.3) is 0 Å². The van der Waals surface area contributed by atoms with Crippen LogP contribution in [0.4, 0.5) is 8.78 Å². The molecule has 0 aliphatic carbocycles. The fourth-order valence-electron chi connectivity index (χ4n) is 0.992. The second-order valence-corrected chi connectivity index (χ2v) is 4.15. The van der Waals surface area contributed by atoms with Crippen molar-refractivity contribution in [1.82, 2.24) is 4.98 Å². The standard InChI is InChI=1S/C8H7BrF2INO/c9-2-6-5(7(10)11)1-4(3-14)8(12)13-6/h1,7,14H,2-3H2. The van der Waals surface area contributed by atoms with Crippen molar-refractivity contribution in [2.45, 2.75) is 18.4 Å². The van der Waals surface area contributed by atoms with Gasteiger partial charge in [-0.25, -0.2) is 13.8 Å². The largest absolute Gasteiger partial charge is 0.392 e. The van der Waals surface area contributed by atoms with Gasteiger partial charge in [0, 0.05) is 16.5 Å². The van der Waals surface area contributed by atoms with Crippen LogP contribution < -0.4 is 0 Å². The summed E-state index contributed by atoms with van der Waals surface area (Å²) >= 11 is 5.01. The van der Waals surface area contributed by atoms with Gasteiger partial charge in [-0.1, -0.05) is 15.9 Å². The quantitative estimate of drug-likeness (QED) is 0.499. The van der Waals surface area contributed by atoms with Crippen molar-refractivity contribution in [3.05, 3.63) is 26.6 Å². The number of aromatic nitrogens is 1. The predicted octanol–water partition coefficient (Wildman–Crippen LogP) is 3.01. The minimum absolute atomic E-state index is 0.119. The van der Waals surface area contributed by atoms with Crippen molar-refractivity contribution in [3.63, 3.8) is 0 Å². The third-order valence-corrected chi connectivity index (χ3v) is 3.16. The van der Waals surface area contributed by atoms with Crippen LogP contribution in [0.15, 0.2) is 6.07 Å². The number of hydrogen-bond donors (Lipinski definition) is 1. The average molecular weight is 378 g/mol. The Kier molecular flexibility index (Phi) is 4.65. The van der Waals surface area contributed by atoms with Crippen LogP contribution in [0.3, 0.4) is 0 Å². The molecule has 0 fully saturated rings. The first kappa shape index (κ1) is 12.3. The number of halogens is 4. The van der Waals surface area contributed by atoms with Gasteiger partial charge in [0.25, 0.3) is 6.43 Å². The van der Waals surface area contributed by atoms with Gasteiger partial charge in [-0.3, -0.25) is 0 Å². The molecule has 1 rings (SSSR count). The maximum Gasteiger partial charge on any atom is 0.265 e. The third kappa shape index (κ3) is 2.60. The fraction of sp³-hybridized carbons (Fsp3) is 0.375. The van der Waals surface area contributed by atoms with Crippen LogP contribution in [0.5, 0.6) is 0 Å². The molecule has 0 atom stereocenters. The van der Waals surface area contributed by atoms with E-state index in [0.717, 1.165) is 0 Å². The molecule has 0 radical (unpaired) electrons. The van der Waals surface area contributed by atoms with E-state index in [-0.39, 0.29) is 17.5 Å². The van der Waals surface area contributed by atoms with Crippen LogP contribution >= 0.6 is 38.5 Å². The van der Waals surface area contributed by atoms with E-state index in [0.29, 0.717) is 15.0 Å². The highest BCUT2D eigenvalue weighted by Gasteiger charge is 2.16. The second-order valence-electron chi connectivity index (χ2n) is 2.57. The molecule has 0 saturated heterocycles. The molecule has 0 unspecified atom stereocenters. The molecule has 0 amide bonds. The highest BCUT2D eigenvalue weighted by atomic mass is 127. The van der Waals surface area contributed by atoms with Gasteiger partial charge in [0.05, 0.1) is 12.3 Å². The first-order chi connectivity index (χ1) is 6.60. The predicted molar refractivity (Wildman–Crippen MR) is 60.5 cm³/mol. The zero-order valence-electron chi connectivity index (χ0n) is 6.98. The average Bonchev–Trinajstić information content (AvgIpc) is 2.16. The molecule has 14 heavy (non-hydrogen) atoms. The van der Waals surface area contributed by atoms with Crippen molar-refractivity contribution < 1.29 is 13.9 Å². The van der Waals surface area contributed by atoms with E-state index in [4.69, 9.17) is 5.11 Å². The summed E-state index contributed by atoms with van der Waals surface area (Å²) < 4.78 is 25.6. The lowest BCUT2D eigenvalue weighted by atomic mass is 10.1. The van der Waals surface area contributed by atoms with Crippen molar-refractivity contribution >= 4 is 38.5 Å². The van der Waals surface area contributed by atoms with Crippen LogP contribution in [0, 0.1) is 3.70 Å². The summed E-state index contributed by atoms with van der Waals surface area (Å²) in [5.41, 5.74) is 0.638. The lowest BCUT2D eigenvalue weighted by Gasteiger charge is -2.09. The van der Waals surface area contributed by atoms with Gasteiger partial charge in [-0.2, -0.15) is 0 Å². The highest BCUT2D eigenvalue weighted by Crippen LogP contribution is 2.26. The molecule has 0 aliphatic heterocycles. The maximum absolute atomic E-state index is 12.5. The summed E-state index contributed by atoms with van der Waals surface area (Å²) in [4.78, 5) is 3.98. The molecule has 0 spiro atoms. The SMILES string of the molecule is OCc1cc(C(F)F)c(CBr)nc1I. The second kappa shape index (κ2) is 5.32. The Morgan fingerprint density at radius 2 is 2.21 bits per heavy atom. The maximum atomic E-state index is 12.5. The van der Waals surface area contributed by atoms with Gasteiger partial charge in [0.2, 0.25) is 0 Å². The van der Waals surface area contributed by atoms with Gasteiger partial charge in [-0.05, 0) is 28.7 Å². The minimum Gasteiger partial charge on any atom is -0.392 e. The Hall–Kier alpha value is 0.180. The monoisotopic (exact) mass is 377 g/mol. The molecule has 1 aromatic rings. The van der Waals surface area contributed by atoms with E-state index in [1.807, 2.05) is 22.6 Å². The Bertz CT molecular complexity index is 335. The van der Waals surface area contributed by atoms with Crippen molar-refractivity contribution in [2.75, 3.05) is 0 Å². The van der Waals surface area contributed by atoms with Crippen LogP contribution in [0.2, 0.25) is 0 Å². The molecular weight excluding hydrogens is 371 g/mol. The number of aliphatic hydroxyl groups is 1. The summed E-state index contributed by atoms with van der Waals surface area (Å²) in [5.74, 6) is 0. The number of hydrogen-bond acceptors (Lipinski definition) is 2. The Balaban J connectivity index is 3.25. The minimum atomic E-state index is -2.56. The van der Waals surface area contributed by atoms with Crippen LogP contribution in [-0.2, 0) is 11.9 Å². The topological polar surface area (TPSA) is 33.1 Å². The Morgan fingerprint density at radius 3 is 2.64 bits per heavy atom. The summed E-state index contributed by atoms with van der Waals surface area (Å²) in [7, 11) is 0. The molecular formula is C8H7BrF2INO. The van der Waals surface area contributed by atoms with Crippen molar-refractivity contribution in [1.29, 1.82) is 0 Å².